The first-order valence-electron chi connectivity index (χ1n) is 11.2. The first-order valence-corrected chi connectivity index (χ1v) is 12.0. The Balaban J connectivity index is 1.27. The average molecular weight is 500 g/mol. The lowest BCUT2D eigenvalue weighted by Gasteiger charge is -2.30. The van der Waals surface area contributed by atoms with Crippen LogP contribution in [0.15, 0.2) is 66.9 Å². The van der Waals surface area contributed by atoms with E-state index in [9.17, 15) is 22.8 Å². The molecule has 1 N–H and O–H groups in total. The second kappa shape index (κ2) is 10.9. The molecule has 4 rings (SSSR count). The van der Waals surface area contributed by atoms with Crippen molar-refractivity contribution in [3.05, 3.63) is 88.4 Å². The summed E-state index contributed by atoms with van der Waals surface area (Å²) in [6, 6.07) is 14.8. The van der Waals surface area contributed by atoms with E-state index in [0.717, 1.165) is 22.6 Å². The van der Waals surface area contributed by atoms with E-state index in [1.54, 1.807) is 29.3 Å². The van der Waals surface area contributed by atoms with Crippen molar-refractivity contribution in [1.82, 2.24) is 9.88 Å². The van der Waals surface area contributed by atoms with Crippen molar-refractivity contribution >= 4 is 34.4 Å². The SMILES string of the molecule is O=C(Nc1ncc(Cc2cccc(C(F)(F)F)c2)s1)C1CCN(C(=O)/C=C/c2ccccc2)CC1. The van der Waals surface area contributed by atoms with Crippen molar-refractivity contribution in [2.75, 3.05) is 18.4 Å². The number of hydrogen-bond acceptors (Lipinski definition) is 4. The molecule has 1 fully saturated rings. The molecule has 1 saturated heterocycles. The van der Waals surface area contributed by atoms with Crippen LogP contribution in [0.3, 0.4) is 0 Å². The summed E-state index contributed by atoms with van der Waals surface area (Å²) in [6.07, 6.45) is 1.92. The summed E-state index contributed by atoms with van der Waals surface area (Å²) in [6.45, 7) is 0.990. The third-order valence-electron chi connectivity index (χ3n) is 5.81. The minimum atomic E-state index is -4.39. The number of carbonyl (C=O) groups excluding carboxylic acids is 2. The standard InChI is InChI=1S/C26H24F3N3O2S/c27-26(28,29)21-8-4-7-19(15-21)16-22-17-30-25(35-22)31-24(34)20-11-13-32(14-12-20)23(33)10-9-18-5-2-1-3-6-18/h1-10,15,17,20H,11-14,16H2,(H,30,31,34)/b10-9+. The van der Waals surface area contributed by atoms with Gasteiger partial charge in [-0.3, -0.25) is 9.59 Å². The zero-order valence-electron chi connectivity index (χ0n) is 18.8. The zero-order chi connectivity index (χ0) is 24.8. The molecule has 2 amide bonds. The van der Waals surface area contributed by atoms with Crippen molar-refractivity contribution < 1.29 is 22.8 Å². The maximum atomic E-state index is 12.9. The number of carbonyl (C=O) groups is 2. The van der Waals surface area contributed by atoms with Crippen LogP contribution in [-0.4, -0.2) is 34.8 Å². The molecule has 5 nitrogen and oxygen atoms in total. The van der Waals surface area contributed by atoms with Crippen molar-refractivity contribution in [3.8, 4) is 0 Å². The Bertz CT molecular complexity index is 1200. The Kier molecular flexibility index (Phi) is 7.65. The van der Waals surface area contributed by atoms with Crippen molar-refractivity contribution in [2.24, 2.45) is 5.92 Å². The van der Waals surface area contributed by atoms with Gasteiger partial charge in [0.25, 0.3) is 0 Å². The summed E-state index contributed by atoms with van der Waals surface area (Å²) in [7, 11) is 0. The Morgan fingerprint density at radius 1 is 1.09 bits per heavy atom. The van der Waals surface area contributed by atoms with Gasteiger partial charge in [-0.25, -0.2) is 4.98 Å². The number of nitrogens with one attached hydrogen (secondary N) is 1. The summed E-state index contributed by atoms with van der Waals surface area (Å²) >= 11 is 1.25. The van der Waals surface area contributed by atoms with Crippen LogP contribution in [0.2, 0.25) is 0 Å². The van der Waals surface area contributed by atoms with Gasteiger partial charge < -0.3 is 10.2 Å². The van der Waals surface area contributed by atoms with Gasteiger partial charge in [0.05, 0.1) is 5.56 Å². The van der Waals surface area contributed by atoms with E-state index in [1.165, 1.54) is 17.4 Å². The highest BCUT2D eigenvalue weighted by Gasteiger charge is 2.30. The molecule has 0 saturated carbocycles. The highest BCUT2D eigenvalue weighted by molar-refractivity contribution is 7.15. The van der Waals surface area contributed by atoms with Crippen LogP contribution in [0.1, 0.15) is 34.4 Å². The van der Waals surface area contributed by atoms with Gasteiger partial charge in [-0.05, 0) is 36.1 Å². The number of amides is 2. The molecule has 2 heterocycles. The molecule has 0 unspecified atom stereocenters. The van der Waals surface area contributed by atoms with Crippen LogP contribution in [0, 0.1) is 5.92 Å². The molecular weight excluding hydrogens is 475 g/mol. The van der Waals surface area contributed by atoms with Crippen LogP contribution in [0.4, 0.5) is 18.3 Å². The van der Waals surface area contributed by atoms with E-state index >= 15 is 0 Å². The van der Waals surface area contributed by atoms with E-state index in [2.05, 4.69) is 10.3 Å². The van der Waals surface area contributed by atoms with Crippen LogP contribution in [0.25, 0.3) is 6.08 Å². The molecule has 9 heteroatoms. The fourth-order valence-electron chi connectivity index (χ4n) is 3.91. The molecule has 0 spiro atoms. The lowest BCUT2D eigenvalue weighted by atomic mass is 9.96. The molecule has 2 aromatic carbocycles. The fourth-order valence-corrected chi connectivity index (χ4v) is 4.76. The van der Waals surface area contributed by atoms with Crippen molar-refractivity contribution in [2.45, 2.75) is 25.4 Å². The van der Waals surface area contributed by atoms with Gasteiger partial charge in [-0.2, -0.15) is 13.2 Å². The lowest BCUT2D eigenvalue weighted by molar-refractivity contribution is -0.137. The van der Waals surface area contributed by atoms with Crippen LogP contribution in [-0.2, 0) is 22.2 Å². The summed E-state index contributed by atoms with van der Waals surface area (Å²) in [5.74, 6) is -0.461. The summed E-state index contributed by atoms with van der Waals surface area (Å²) < 4.78 is 38.8. The molecule has 1 aliphatic heterocycles. The number of alkyl halides is 3. The van der Waals surface area contributed by atoms with Gasteiger partial charge in [0.15, 0.2) is 5.13 Å². The number of anilines is 1. The van der Waals surface area contributed by atoms with Gasteiger partial charge >= 0.3 is 6.18 Å². The minimum Gasteiger partial charge on any atom is -0.339 e. The number of aromatic nitrogens is 1. The van der Waals surface area contributed by atoms with Gasteiger partial charge in [-0.15, -0.1) is 11.3 Å². The third-order valence-corrected chi connectivity index (χ3v) is 6.72. The second-order valence-corrected chi connectivity index (χ2v) is 9.45. The molecule has 0 radical (unpaired) electrons. The summed E-state index contributed by atoms with van der Waals surface area (Å²) in [4.78, 5) is 31.8. The Hall–Kier alpha value is -3.46. The van der Waals surface area contributed by atoms with E-state index in [1.807, 2.05) is 30.3 Å². The smallest absolute Gasteiger partial charge is 0.339 e. The summed E-state index contributed by atoms with van der Waals surface area (Å²) in [5, 5.41) is 3.23. The molecule has 3 aromatic rings. The normalized spacial score (nSPS) is 14.9. The molecule has 0 atom stereocenters. The van der Waals surface area contributed by atoms with Gasteiger partial charge in [0, 0.05) is 42.6 Å². The highest BCUT2D eigenvalue weighted by atomic mass is 32.1. The van der Waals surface area contributed by atoms with E-state index < -0.39 is 11.7 Å². The molecule has 1 aliphatic rings. The zero-order valence-corrected chi connectivity index (χ0v) is 19.6. The first-order chi connectivity index (χ1) is 16.8. The molecule has 182 valence electrons. The average Bonchev–Trinajstić information content (AvgIpc) is 3.29. The number of piperidine rings is 1. The van der Waals surface area contributed by atoms with Gasteiger partial charge in [0.2, 0.25) is 11.8 Å². The number of likely N-dealkylation sites (tertiary alicyclic amines) is 1. The second-order valence-electron chi connectivity index (χ2n) is 8.34. The van der Waals surface area contributed by atoms with Gasteiger partial charge in [0.1, 0.15) is 0 Å². The number of nitrogens with zero attached hydrogens (tertiary/aromatic N) is 2. The highest BCUT2D eigenvalue weighted by Crippen LogP contribution is 2.31. The maximum Gasteiger partial charge on any atom is 0.416 e. The fraction of sp³-hybridized carbons (Fsp3) is 0.269. The van der Waals surface area contributed by atoms with Crippen LogP contribution >= 0.6 is 11.3 Å². The molecule has 35 heavy (non-hydrogen) atoms. The number of hydrogen-bond donors (Lipinski definition) is 1. The quantitative estimate of drug-likeness (QED) is 0.447. The third kappa shape index (κ3) is 6.79. The topological polar surface area (TPSA) is 62.3 Å². The minimum absolute atomic E-state index is 0.0770. The predicted molar refractivity (Wildman–Crippen MR) is 130 cm³/mol. The number of halogens is 3. The monoisotopic (exact) mass is 499 g/mol. The number of rotatable bonds is 6. The molecule has 1 aromatic heterocycles. The van der Waals surface area contributed by atoms with Crippen molar-refractivity contribution in [1.29, 1.82) is 0 Å². The van der Waals surface area contributed by atoms with Gasteiger partial charge in [-0.1, -0.05) is 48.5 Å². The van der Waals surface area contributed by atoms with Crippen LogP contribution in [0.5, 0.6) is 0 Å². The van der Waals surface area contributed by atoms with E-state index in [-0.39, 0.29) is 17.7 Å². The molecular formula is C26H24F3N3O2S. The maximum absolute atomic E-state index is 12.9. The molecule has 0 aliphatic carbocycles. The van der Waals surface area contributed by atoms with E-state index in [0.29, 0.717) is 43.0 Å². The van der Waals surface area contributed by atoms with Crippen molar-refractivity contribution in [3.63, 3.8) is 0 Å². The number of thiazole rings is 1. The predicted octanol–water partition coefficient (Wildman–Crippen LogP) is 5.64. The van der Waals surface area contributed by atoms with E-state index in [4.69, 9.17) is 0 Å². The lowest BCUT2D eigenvalue weighted by Crippen LogP contribution is -2.40. The Morgan fingerprint density at radius 2 is 1.83 bits per heavy atom. The largest absolute Gasteiger partial charge is 0.416 e. The first kappa shape index (κ1) is 24.7. The van der Waals surface area contributed by atoms with Crippen LogP contribution < -0.4 is 5.32 Å². The Labute approximate surface area is 205 Å². The molecule has 0 bridgehead atoms. The Morgan fingerprint density at radius 3 is 2.54 bits per heavy atom. The number of benzene rings is 2. The summed E-state index contributed by atoms with van der Waals surface area (Å²) in [5.41, 5.74) is 0.791.